The number of unbranched alkanes of at least 4 members (excludes halogenated alkanes) is 1. The van der Waals surface area contributed by atoms with E-state index in [9.17, 15) is 28.9 Å². The predicted molar refractivity (Wildman–Crippen MR) is 111 cm³/mol. The van der Waals surface area contributed by atoms with Gasteiger partial charge in [-0.15, -0.1) is 0 Å². The topological polar surface area (TPSA) is 121 Å². The second kappa shape index (κ2) is 10.8. The molecule has 1 fully saturated rings. The molecule has 0 radical (unpaired) electrons. The lowest BCUT2D eigenvalue weighted by molar-refractivity contribution is -0.151. The van der Waals surface area contributed by atoms with E-state index in [4.69, 9.17) is 4.52 Å². The number of rotatable bonds is 11. The minimum atomic E-state index is -4.32. The zero-order chi connectivity index (χ0) is 22.3. The second-order valence-electron chi connectivity index (χ2n) is 7.63. The first-order chi connectivity index (χ1) is 14.2. The van der Waals surface area contributed by atoms with E-state index < -0.39 is 37.3 Å². The molecule has 9 heteroatoms. The van der Waals surface area contributed by atoms with E-state index in [0.717, 1.165) is 6.42 Å². The van der Waals surface area contributed by atoms with Crippen molar-refractivity contribution in [1.29, 1.82) is 0 Å². The summed E-state index contributed by atoms with van der Waals surface area (Å²) in [4.78, 5) is 48.4. The molecule has 0 saturated carbocycles. The van der Waals surface area contributed by atoms with Crippen molar-refractivity contribution in [3.05, 3.63) is 35.9 Å². The molecule has 3 unspecified atom stereocenters. The van der Waals surface area contributed by atoms with Gasteiger partial charge in [0, 0.05) is 18.5 Å². The SMILES string of the molecule is CCCCC(CC(=O)c1ccccc1)P(=O)(O)OC(C)C(=O)N1CCC[C@H]1C(=O)O. The minimum Gasteiger partial charge on any atom is -0.480 e. The third kappa shape index (κ3) is 6.24. The van der Waals surface area contributed by atoms with Crippen molar-refractivity contribution in [3.8, 4) is 0 Å². The predicted octanol–water partition coefficient (Wildman–Crippen LogP) is 3.48. The van der Waals surface area contributed by atoms with E-state index in [1.54, 1.807) is 30.3 Å². The van der Waals surface area contributed by atoms with Crippen molar-refractivity contribution < 1.29 is 33.5 Å². The van der Waals surface area contributed by atoms with Crippen LogP contribution in [0.4, 0.5) is 0 Å². The number of hydrogen-bond acceptors (Lipinski definition) is 5. The maximum Gasteiger partial charge on any atom is 0.332 e. The molecule has 1 heterocycles. The lowest BCUT2D eigenvalue weighted by Crippen LogP contribution is -2.45. The number of carbonyl (C=O) groups excluding carboxylic acids is 2. The monoisotopic (exact) mass is 439 g/mol. The summed E-state index contributed by atoms with van der Waals surface area (Å²) >= 11 is 0. The molecule has 30 heavy (non-hydrogen) atoms. The average molecular weight is 439 g/mol. The Labute approximate surface area is 176 Å². The number of carboxylic acid groups (broad SMARTS) is 1. The van der Waals surface area contributed by atoms with Gasteiger partial charge in [-0.25, -0.2) is 4.79 Å². The van der Waals surface area contributed by atoms with Crippen LogP contribution in [0.2, 0.25) is 0 Å². The van der Waals surface area contributed by atoms with E-state index in [2.05, 4.69) is 0 Å². The number of aliphatic carboxylic acids is 1. The molecular weight excluding hydrogens is 409 g/mol. The van der Waals surface area contributed by atoms with Gasteiger partial charge in [-0.3, -0.25) is 18.7 Å². The molecule has 1 aromatic carbocycles. The van der Waals surface area contributed by atoms with Gasteiger partial charge in [0.25, 0.3) is 5.91 Å². The van der Waals surface area contributed by atoms with Gasteiger partial charge >= 0.3 is 13.6 Å². The number of benzene rings is 1. The number of hydrogen-bond donors (Lipinski definition) is 2. The van der Waals surface area contributed by atoms with Crippen LogP contribution in [0.1, 0.15) is 62.7 Å². The maximum atomic E-state index is 13.0. The number of amides is 1. The molecule has 166 valence electrons. The van der Waals surface area contributed by atoms with E-state index in [1.807, 2.05) is 6.92 Å². The molecule has 1 amide bonds. The number of carbonyl (C=O) groups is 3. The Morgan fingerprint density at radius 3 is 2.53 bits per heavy atom. The first-order valence-corrected chi connectivity index (χ1v) is 11.9. The molecule has 1 aliphatic heterocycles. The van der Waals surface area contributed by atoms with E-state index in [-0.39, 0.29) is 18.7 Å². The van der Waals surface area contributed by atoms with Crippen molar-refractivity contribution in [3.63, 3.8) is 0 Å². The quantitative estimate of drug-likeness (QED) is 0.400. The molecule has 0 aliphatic carbocycles. The van der Waals surface area contributed by atoms with E-state index in [1.165, 1.54) is 11.8 Å². The first-order valence-electron chi connectivity index (χ1n) is 10.3. The maximum absolute atomic E-state index is 13.0. The van der Waals surface area contributed by atoms with Crippen LogP contribution in [0.3, 0.4) is 0 Å². The fourth-order valence-electron chi connectivity index (χ4n) is 3.65. The highest BCUT2D eigenvalue weighted by molar-refractivity contribution is 7.53. The molecule has 1 aromatic rings. The van der Waals surface area contributed by atoms with Crippen molar-refractivity contribution in [2.24, 2.45) is 0 Å². The normalized spacial score (nSPS) is 20.4. The van der Waals surface area contributed by atoms with Crippen LogP contribution in [-0.4, -0.2) is 56.9 Å². The standard InChI is InChI=1S/C21H30NO7P/c1-3-4-11-17(14-19(23)16-9-6-5-7-10-16)30(27,28)29-15(2)20(24)22-13-8-12-18(22)21(25)26/h5-7,9-10,15,17-18H,3-4,8,11-14H2,1-2H3,(H,25,26)(H,27,28)/t15?,17?,18-/m0/s1. The van der Waals surface area contributed by atoms with Gasteiger partial charge in [-0.05, 0) is 26.2 Å². The Bertz CT molecular complexity index is 798. The number of likely N-dealkylation sites (tertiary alicyclic amines) is 1. The number of carboxylic acids is 1. The van der Waals surface area contributed by atoms with Crippen molar-refractivity contribution >= 4 is 25.3 Å². The highest BCUT2D eigenvalue weighted by Gasteiger charge is 2.41. The highest BCUT2D eigenvalue weighted by Crippen LogP contribution is 2.52. The fourth-order valence-corrected chi connectivity index (χ4v) is 5.28. The molecule has 2 N–H and O–H groups in total. The molecule has 0 aromatic heterocycles. The summed E-state index contributed by atoms with van der Waals surface area (Å²) in [7, 11) is -4.32. The van der Waals surface area contributed by atoms with E-state index >= 15 is 0 Å². The molecular formula is C21H30NO7P. The zero-order valence-corrected chi connectivity index (χ0v) is 18.3. The van der Waals surface area contributed by atoms with Gasteiger partial charge in [0.1, 0.15) is 12.1 Å². The number of Topliss-reactive ketones (excluding diaryl/α,β-unsaturated/α-hetero) is 1. The Morgan fingerprint density at radius 2 is 1.93 bits per heavy atom. The molecule has 0 bridgehead atoms. The molecule has 1 aliphatic rings. The van der Waals surface area contributed by atoms with Gasteiger partial charge in [-0.1, -0.05) is 50.1 Å². The first kappa shape index (κ1) is 24.3. The van der Waals surface area contributed by atoms with Gasteiger partial charge in [0.05, 0.1) is 5.66 Å². The summed E-state index contributed by atoms with van der Waals surface area (Å²) in [5, 5.41) is 9.26. The van der Waals surface area contributed by atoms with Gasteiger partial charge in [-0.2, -0.15) is 0 Å². The summed E-state index contributed by atoms with van der Waals surface area (Å²) in [5.41, 5.74) is -0.487. The van der Waals surface area contributed by atoms with E-state index in [0.29, 0.717) is 31.2 Å². The molecule has 0 spiro atoms. The summed E-state index contributed by atoms with van der Waals surface area (Å²) in [6.07, 6.45) is 1.17. The smallest absolute Gasteiger partial charge is 0.332 e. The largest absolute Gasteiger partial charge is 0.480 e. The third-order valence-corrected chi connectivity index (χ3v) is 7.33. The molecule has 4 atom stereocenters. The van der Waals surface area contributed by atoms with Crippen LogP contribution in [0.15, 0.2) is 30.3 Å². The van der Waals surface area contributed by atoms with Crippen LogP contribution >= 0.6 is 7.60 Å². The third-order valence-electron chi connectivity index (χ3n) is 5.35. The number of nitrogens with zero attached hydrogens (tertiary/aromatic N) is 1. The van der Waals surface area contributed by atoms with Crippen molar-refractivity contribution in [2.75, 3.05) is 6.54 Å². The minimum absolute atomic E-state index is 0.167. The Hall–Kier alpha value is -2.02. The van der Waals surface area contributed by atoms with Crippen LogP contribution in [0, 0.1) is 0 Å². The number of ketones is 1. The molecule has 8 nitrogen and oxygen atoms in total. The molecule has 1 saturated heterocycles. The Morgan fingerprint density at radius 1 is 1.27 bits per heavy atom. The van der Waals surface area contributed by atoms with Crippen molar-refractivity contribution in [1.82, 2.24) is 4.90 Å². The fraction of sp³-hybridized carbons (Fsp3) is 0.571. The Kier molecular flexibility index (Phi) is 8.77. The molecule has 2 rings (SSSR count). The summed E-state index contributed by atoms with van der Waals surface area (Å²) < 4.78 is 18.3. The summed E-state index contributed by atoms with van der Waals surface area (Å²) in [6, 6.07) is 7.57. The van der Waals surface area contributed by atoms with Crippen LogP contribution in [-0.2, 0) is 18.7 Å². The zero-order valence-electron chi connectivity index (χ0n) is 17.4. The van der Waals surface area contributed by atoms with Gasteiger partial charge in [0.2, 0.25) is 0 Å². The van der Waals surface area contributed by atoms with Gasteiger partial charge in [0.15, 0.2) is 5.78 Å². The van der Waals surface area contributed by atoms with Crippen molar-refractivity contribution in [2.45, 2.75) is 70.2 Å². The second-order valence-corrected chi connectivity index (χ2v) is 9.70. The summed E-state index contributed by atoms with van der Waals surface area (Å²) in [5.74, 6) is -1.99. The Balaban J connectivity index is 2.11. The summed E-state index contributed by atoms with van der Waals surface area (Å²) in [6.45, 7) is 3.55. The highest BCUT2D eigenvalue weighted by atomic mass is 31.2. The average Bonchev–Trinajstić information content (AvgIpc) is 3.20. The lowest BCUT2D eigenvalue weighted by Gasteiger charge is -2.28. The van der Waals surface area contributed by atoms with Gasteiger partial charge < -0.3 is 14.9 Å². The lowest BCUT2D eigenvalue weighted by atomic mass is 10.0. The van der Waals surface area contributed by atoms with Crippen LogP contribution in [0.25, 0.3) is 0 Å². The van der Waals surface area contributed by atoms with Crippen LogP contribution in [0.5, 0.6) is 0 Å². The van der Waals surface area contributed by atoms with Crippen LogP contribution < -0.4 is 0 Å².